The number of rotatable bonds is 4. The van der Waals surface area contributed by atoms with E-state index in [1.54, 1.807) is 0 Å². The van der Waals surface area contributed by atoms with Gasteiger partial charge in [-0.1, -0.05) is 6.58 Å². The van der Waals surface area contributed by atoms with Crippen molar-refractivity contribution in [3.05, 3.63) is 12.7 Å². The highest BCUT2D eigenvalue weighted by atomic mass is 16.7. The summed E-state index contributed by atoms with van der Waals surface area (Å²) >= 11 is 0. The van der Waals surface area contributed by atoms with Crippen molar-refractivity contribution in [2.24, 2.45) is 17.8 Å². The highest BCUT2D eigenvalue weighted by Crippen LogP contribution is 2.57. The Kier molecular flexibility index (Phi) is 2.97. The standard InChI is InChI=1S/C15H22O3/c1-3-14(16)17-10(2)18-15-7-11-4-12(8-15)6-13(5-11)9-15/h3,10-13H,1,4-9H2,2H3. The molecule has 0 aromatic carbocycles. The van der Waals surface area contributed by atoms with Crippen molar-refractivity contribution in [1.82, 2.24) is 0 Å². The third-order valence-corrected chi connectivity index (χ3v) is 4.85. The first-order valence-electron chi connectivity index (χ1n) is 7.09. The molecule has 0 amide bonds. The topological polar surface area (TPSA) is 35.5 Å². The van der Waals surface area contributed by atoms with Crippen LogP contribution in [0.5, 0.6) is 0 Å². The summed E-state index contributed by atoms with van der Waals surface area (Å²) in [6.45, 7) is 5.23. The highest BCUT2D eigenvalue weighted by Gasteiger charge is 2.52. The molecule has 0 radical (unpaired) electrons. The van der Waals surface area contributed by atoms with E-state index in [1.807, 2.05) is 6.92 Å². The quantitative estimate of drug-likeness (QED) is 0.437. The molecule has 3 heteroatoms. The fourth-order valence-corrected chi connectivity index (χ4v) is 4.76. The molecule has 1 atom stereocenters. The maximum Gasteiger partial charge on any atom is 0.332 e. The Morgan fingerprint density at radius 3 is 2.17 bits per heavy atom. The molecular formula is C15H22O3. The fourth-order valence-electron chi connectivity index (χ4n) is 4.76. The highest BCUT2D eigenvalue weighted by molar-refractivity contribution is 5.81. The number of hydrogen-bond donors (Lipinski definition) is 0. The minimum Gasteiger partial charge on any atom is -0.433 e. The van der Waals surface area contributed by atoms with E-state index < -0.39 is 12.3 Å². The third kappa shape index (κ3) is 2.20. The maximum atomic E-state index is 11.2. The van der Waals surface area contributed by atoms with Gasteiger partial charge in [0.15, 0.2) is 0 Å². The van der Waals surface area contributed by atoms with Gasteiger partial charge < -0.3 is 9.47 Å². The molecule has 18 heavy (non-hydrogen) atoms. The molecule has 0 aromatic heterocycles. The Hall–Kier alpha value is -0.830. The van der Waals surface area contributed by atoms with Gasteiger partial charge in [-0.25, -0.2) is 4.79 Å². The van der Waals surface area contributed by atoms with Crippen molar-refractivity contribution in [2.45, 2.75) is 57.3 Å². The van der Waals surface area contributed by atoms with E-state index >= 15 is 0 Å². The van der Waals surface area contributed by atoms with Gasteiger partial charge in [-0.15, -0.1) is 0 Å². The van der Waals surface area contributed by atoms with Gasteiger partial charge in [-0.2, -0.15) is 0 Å². The monoisotopic (exact) mass is 250 g/mol. The molecule has 0 saturated heterocycles. The van der Waals surface area contributed by atoms with Gasteiger partial charge in [0.2, 0.25) is 6.29 Å². The molecule has 4 rings (SSSR count). The van der Waals surface area contributed by atoms with Gasteiger partial charge >= 0.3 is 5.97 Å². The zero-order valence-electron chi connectivity index (χ0n) is 11.1. The number of ether oxygens (including phenoxy) is 2. The van der Waals surface area contributed by atoms with Crippen LogP contribution >= 0.6 is 0 Å². The number of carbonyl (C=O) groups is 1. The summed E-state index contributed by atoms with van der Waals surface area (Å²) in [6, 6.07) is 0. The van der Waals surface area contributed by atoms with Crippen molar-refractivity contribution < 1.29 is 14.3 Å². The predicted octanol–water partition coefficient (Wildman–Crippen LogP) is 3.05. The molecule has 100 valence electrons. The molecule has 1 unspecified atom stereocenters. The summed E-state index contributed by atoms with van der Waals surface area (Å²) in [5.41, 5.74) is -0.00435. The Morgan fingerprint density at radius 2 is 1.72 bits per heavy atom. The second kappa shape index (κ2) is 4.37. The average molecular weight is 250 g/mol. The SMILES string of the molecule is C=CC(=O)OC(C)OC12CC3CC(CC(C3)C1)C2. The second-order valence-corrected chi connectivity index (χ2v) is 6.43. The lowest BCUT2D eigenvalue weighted by Crippen LogP contribution is -2.53. The summed E-state index contributed by atoms with van der Waals surface area (Å²) in [5, 5.41) is 0. The Morgan fingerprint density at radius 1 is 1.22 bits per heavy atom. The fraction of sp³-hybridized carbons (Fsp3) is 0.800. The normalized spacial score (nSPS) is 42.6. The van der Waals surface area contributed by atoms with E-state index in [0.29, 0.717) is 0 Å². The lowest BCUT2D eigenvalue weighted by molar-refractivity contribution is -0.242. The molecule has 0 aliphatic heterocycles. The molecule has 4 bridgehead atoms. The minimum atomic E-state index is -0.452. The molecule has 4 saturated carbocycles. The maximum absolute atomic E-state index is 11.2. The van der Waals surface area contributed by atoms with Crippen LogP contribution in [0.3, 0.4) is 0 Å². The van der Waals surface area contributed by atoms with Crippen molar-refractivity contribution in [3.8, 4) is 0 Å². The van der Waals surface area contributed by atoms with E-state index in [9.17, 15) is 4.79 Å². The molecule has 4 aliphatic carbocycles. The zero-order chi connectivity index (χ0) is 12.8. The van der Waals surface area contributed by atoms with E-state index in [-0.39, 0.29) is 5.60 Å². The first kappa shape index (κ1) is 12.2. The van der Waals surface area contributed by atoms with Gasteiger partial charge in [-0.3, -0.25) is 0 Å². The Labute approximate surface area is 109 Å². The van der Waals surface area contributed by atoms with Crippen molar-refractivity contribution in [1.29, 1.82) is 0 Å². The molecule has 0 aromatic rings. The van der Waals surface area contributed by atoms with Crippen LogP contribution in [0.25, 0.3) is 0 Å². The average Bonchev–Trinajstić information content (AvgIpc) is 2.25. The summed E-state index contributed by atoms with van der Waals surface area (Å²) < 4.78 is 11.3. The molecule has 0 N–H and O–H groups in total. The Balaban J connectivity index is 1.65. The Bertz CT molecular complexity index is 325. The van der Waals surface area contributed by atoms with Crippen LogP contribution in [-0.4, -0.2) is 17.9 Å². The van der Waals surface area contributed by atoms with E-state index in [0.717, 1.165) is 37.0 Å². The van der Waals surface area contributed by atoms with Crippen LogP contribution < -0.4 is 0 Å². The summed E-state index contributed by atoms with van der Waals surface area (Å²) in [7, 11) is 0. The molecule has 4 fully saturated rings. The molecule has 0 spiro atoms. The summed E-state index contributed by atoms with van der Waals surface area (Å²) in [5.74, 6) is 2.14. The lowest BCUT2D eigenvalue weighted by Gasteiger charge is -2.56. The second-order valence-electron chi connectivity index (χ2n) is 6.43. The first-order chi connectivity index (χ1) is 8.58. The number of esters is 1. The van der Waals surface area contributed by atoms with E-state index in [4.69, 9.17) is 9.47 Å². The van der Waals surface area contributed by atoms with E-state index in [1.165, 1.54) is 25.3 Å². The molecule has 4 aliphatic rings. The van der Waals surface area contributed by atoms with E-state index in [2.05, 4.69) is 6.58 Å². The summed E-state index contributed by atoms with van der Waals surface area (Å²) in [4.78, 5) is 11.2. The van der Waals surface area contributed by atoms with Crippen LogP contribution in [0.4, 0.5) is 0 Å². The third-order valence-electron chi connectivity index (χ3n) is 4.85. The molecular weight excluding hydrogens is 228 g/mol. The predicted molar refractivity (Wildman–Crippen MR) is 67.7 cm³/mol. The van der Waals surface area contributed by atoms with Crippen LogP contribution in [0.1, 0.15) is 45.4 Å². The van der Waals surface area contributed by atoms with Crippen LogP contribution in [0.15, 0.2) is 12.7 Å². The smallest absolute Gasteiger partial charge is 0.332 e. The van der Waals surface area contributed by atoms with Crippen LogP contribution in [-0.2, 0) is 14.3 Å². The van der Waals surface area contributed by atoms with Crippen molar-refractivity contribution in [3.63, 3.8) is 0 Å². The van der Waals surface area contributed by atoms with Gasteiger partial charge in [0.05, 0.1) is 5.60 Å². The zero-order valence-corrected chi connectivity index (χ0v) is 11.1. The summed E-state index contributed by atoms with van der Waals surface area (Å²) in [6.07, 6.45) is 8.40. The largest absolute Gasteiger partial charge is 0.433 e. The van der Waals surface area contributed by atoms with Crippen LogP contribution in [0, 0.1) is 17.8 Å². The lowest BCUT2D eigenvalue weighted by atomic mass is 9.54. The van der Waals surface area contributed by atoms with Crippen molar-refractivity contribution >= 4 is 5.97 Å². The van der Waals surface area contributed by atoms with Crippen LogP contribution in [0.2, 0.25) is 0 Å². The number of carbonyl (C=O) groups excluding carboxylic acids is 1. The van der Waals surface area contributed by atoms with Gasteiger partial charge in [-0.05, 0) is 63.2 Å². The molecule has 0 heterocycles. The van der Waals surface area contributed by atoms with Crippen molar-refractivity contribution in [2.75, 3.05) is 0 Å². The van der Waals surface area contributed by atoms with Gasteiger partial charge in [0, 0.05) is 6.08 Å². The first-order valence-corrected chi connectivity index (χ1v) is 7.09. The minimum absolute atomic E-state index is 0.00435. The van der Waals surface area contributed by atoms with Gasteiger partial charge in [0.1, 0.15) is 0 Å². The number of hydrogen-bond acceptors (Lipinski definition) is 3. The molecule has 3 nitrogen and oxygen atoms in total. The van der Waals surface area contributed by atoms with Gasteiger partial charge in [0.25, 0.3) is 0 Å².